The minimum absolute atomic E-state index is 0.0618. The predicted octanol–water partition coefficient (Wildman–Crippen LogP) is 3.20. The van der Waals surface area contributed by atoms with Gasteiger partial charge >= 0.3 is 0 Å². The molecule has 0 radical (unpaired) electrons. The van der Waals surface area contributed by atoms with E-state index < -0.39 is 0 Å². The molecule has 102 valence electrons. The van der Waals surface area contributed by atoms with Crippen molar-refractivity contribution in [2.75, 3.05) is 32.6 Å². The molecule has 0 heterocycles. The van der Waals surface area contributed by atoms with Crippen molar-refractivity contribution in [2.24, 2.45) is 0 Å². The fourth-order valence-corrected chi connectivity index (χ4v) is 1.48. The lowest BCUT2D eigenvalue weighted by Gasteiger charge is -2.20. The molecule has 0 atom stereocenters. The topological polar surface area (TPSA) is 23.6 Å². The fraction of sp³-hybridized carbons (Fsp3) is 0.500. The van der Waals surface area contributed by atoms with E-state index in [0.717, 1.165) is 16.3 Å². The Balaban J connectivity index is 0.00000137. The van der Waals surface area contributed by atoms with Gasteiger partial charge in [-0.1, -0.05) is 25.4 Å². The number of hydrogen-bond acceptors (Lipinski definition) is 2. The molecule has 0 aliphatic rings. The minimum atomic E-state index is 0.0618. The van der Waals surface area contributed by atoms with Gasteiger partial charge in [0.1, 0.15) is 0 Å². The Hall–Kier alpha value is -1.06. The van der Waals surface area contributed by atoms with E-state index in [1.165, 1.54) is 0 Å². The van der Waals surface area contributed by atoms with Crippen LogP contribution >= 0.6 is 11.6 Å². The number of anilines is 1. The van der Waals surface area contributed by atoms with Crippen LogP contribution in [-0.4, -0.2) is 38.5 Å². The van der Waals surface area contributed by atoms with Crippen molar-refractivity contribution in [3.8, 4) is 0 Å². The van der Waals surface area contributed by atoms with Crippen molar-refractivity contribution >= 4 is 23.2 Å². The standard InChI is InChI=1S/C12H17ClN2O.C2H6/c1-9-7-10(5-6-11(9)13)15(4)12(16)8-14(2)3;1-2/h5-7H,8H2,1-4H3;1-2H3. The Bertz CT molecular complexity index is 391. The van der Waals surface area contributed by atoms with Crippen molar-refractivity contribution in [1.29, 1.82) is 0 Å². The highest BCUT2D eigenvalue weighted by molar-refractivity contribution is 6.31. The van der Waals surface area contributed by atoms with E-state index in [1.54, 1.807) is 11.9 Å². The normalized spacial score (nSPS) is 9.78. The Labute approximate surface area is 115 Å². The minimum Gasteiger partial charge on any atom is -0.314 e. The molecule has 3 nitrogen and oxygen atoms in total. The number of carbonyl (C=O) groups is 1. The molecule has 0 aliphatic carbocycles. The summed E-state index contributed by atoms with van der Waals surface area (Å²) in [5.41, 5.74) is 1.84. The smallest absolute Gasteiger partial charge is 0.240 e. The monoisotopic (exact) mass is 270 g/mol. The number of hydrogen-bond donors (Lipinski definition) is 0. The van der Waals surface area contributed by atoms with Gasteiger partial charge in [0.15, 0.2) is 0 Å². The molecular weight excluding hydrogens is 248 g/mol. The summed E-state index contributed by atoms with van der Waals surface area (Å²) >= 11 is 5.94. The van der Waals surface area contributed by atoms with E-state index in [9.17, 15) is 4.79 Å². The molecule has 0 spiro atoms. The zero-order chi connectivity index (χ0) is 14.3. The van der Waals surface area contributed by atoms with Crippen LogP contribution in [0.5, 0.6) is 0 Å². The molecule has 0 unspecified atom stereocenters. The molecule has 0 aromatic heterocycles. The lowest BCUT2D eigenvalue weighted by molar-refractivity contribution is -0.118. The molecule has 0 bridgehead atoms. The average molecular weight is 271 g/mol. The molecule has 18 heavy (non-hydrogen) atoms. The molecule has 0 saturated heterocycles. The van der Waals surface area contributed by atoms with Gasteiger partial charge in [0.2, 0.25) is 5.91 Å². The molecule has 1 rings (SSSR count). The first-order valence-electron chi connectivity index (χ1n) is 6.09. The number of amides is 1. The van der Waals surface area contributed by atoms with Gasteiger partial charge in [-0.15, -0.1) is 0 Å². The van der Waals surface area contributed by atoms with E-state index in [4.69, 9.17) is 11.6 Å². The van der Waals surface area contributed by atoms with Crippen LogP contribution in [-0.2, 0) is 4.79 Å². The maximum absolute atomic E-state index is 11.8. The van der Waals surface area contributed by atoms with E-state index in [1.807, 2.05) is 58.0 Å². The van der Waals surface area contributed by atoms with Gasteiger partial charge in [0.25, 0.3) is 0 Å². The molecule has 1 aromatic rings. The third-order valence-corrected chi connectivity index (χ3v) is 2.78. The van der Waals surface area contributed by atoms with Gasteiger partial charge in [0.05, 0.1) is 6.54 Å². The first-order valence-corrected chi connectivity index (χ1v) is 6.47. The van der Waals surface area contributed by atoms with Crippen LogP contribution in [0.15, 0.2) is 18.2 Å². The molecular formula is C14H23ClN2O. The van der Waals surface area contributed by atoms with E-state index >= 15 is 0 Å². The second-order valence-electron chi connectivity index (χ2n) is 4.12. The van der Waals surface area contributed by atoms with Crippen molar-refractivity contribution in [3.05, 3.63) is 28.8 Å². The van der Waals surface area contributed by atoms with Crippen LogP contribution in [0.3, 0.4) is 0 Å². The summed E-state index contributed by atoms with van der Waals surface area (Å²) in [6, 6.07) is 5.57. The number of likely N-dealkylation sites (N-methyl/N-ethyl adjacent to an activating group) is 2. The number of nitrogens with zero attached hydrogens (tertiary/aromatic N) is 2. The maximum atomic E-state index is 11.8. The van der Waals surface area contributed by atoms with E-state index in [0.29, 0.717) is 6.54 Å². The molecule has 0 saturated carbocycles. The Morgan fingerprint density at radius 3 is 2.22 bits per heavy atom. The zero-order valence-corrected chi connectivity index (χ0v) is 12.9. The average Bonchev–Trinajstić information content (AvgIpc) is 2.33. The molecule has 4 heteroatoms. The molecule has 0 N–H and O–H groups in total. The summed E-state index contributed by atoms with van der Waals surface area (Å²) in [4.78, 5) is 15.3. The van der Waals surface area contributed by atoms with Gasteiger partial charge in [-0.25, -0.2) is 0 Å². The highest BCUT2D eigenvalue weighted by Gasteiger charge is 2.12. The molecule has 0 fully saturated rings. The molecule has 1 amide bonds. The number of carbonyl (C=O) groups excluding carboxylic acids is 1. The zero-order valence-electron chi connectivity index (χ0n) is 12.1. The molecule has 1 aromatic carbocycles. The van der Waals surface area contributed by atoms with Crippen molar-refractivity contribution in [2.45, 2.75) is 20.8 Å². The maximum Gasteiger partial charge on any atom is 0.240 e. The third kappa shape index (κ3) is 5.07. The highest BCUT2D eigenvalue weighted by Crippen LogP contribution is 2.21. The quantitative estimate of drug-likeness (QED) is 0.842. The van der Waals surface area contributed by atoms with E-state index in [2.05, 4.69) is 0 Å². The lowest BCUT2D eigenvalue weighted by atomic mass is 10.2. The first-order chi connectivity index (χ1) is 8.41. The SMILES string of the molecule is CC.Cc1cc(N(C)C(=O)CN(C)C)ccc1Cl. The van der Waals surface area contributed by atoms with Crippen molar-refractivity contribution in [3.63, 3.8) is 0 Å². The summed E-state index contributed by atoms with van der Waals surface area (Å²) in [6.07, 6.45) is 0. The largest absolute Gasteiger partial charge is 0.314 e. The summed E-state index contributed by atoms with van der Waals surface area (Å²) in [5, 5.41) is 0.720. The van der Waals surface area contributed by atoms with E-state index in [-0.39, 0.29) is 5.91 Å². The van der Waals surface area contributed by atoms with Crippen LogP contribution < -0.4 is 4.90 Å². The summed E-state index contributed by atoms with van der Waals surface area (Å²) < 4.78 is 0. The van der Waals surface area contributed by atoms with Crippen LogP contribution in [0.2, 0.25) is 5.02 Å². The van der Waals surface area contributed by atoms with Gasteiger partial charge in [-0.3, -0.25) is 4.79 Å². The second-order valence-corrected chi connectivity index (χ2v) is 4.53. The first kappa shape index (κ1) is 16.9. The van der Waals surface area contributed by atoms with Crippen LogP contribution in [0.1, 0.15) is 19.4 Å². The van der Waals surface area contributed by atoms with Crippen molar-refractivity contribution < 1.29 is 4.79 Å². The second kappa shape index (κ2) is 8.11. The number of benzene rings is 1. The highest BCUT2D eigenvalue weighted by atomic mass is 35.5. The van der Waals surface area contributed by atoms with Crippen LogP contribution in [0.25, 0.3) is 0 Å². The van der Waals surface area contributed by atoms with Crippen LogP contribution in [0.4, 0.5) is 5.69 Å². The Morgan fingerprint density at radius 1 is 1.22 bits per heavy atom. The van der Waals surface area contributed by atoms with Gasteiger partial charge in [0, 0.05) is 17.8 Å². The van der Waals surface area contributed by atoms with Crippen LogP contribution in [0, 0.1) is 6.92 Å². The fourth-order valence-electron chi connectivity index (χ4n) is 1.36. The third-order valence-electron chi connectivity index (χ3n) is 2.35. The molecule has 0 aliphatic heterocycles. The Kier molecular flexibility index (Phi) is 7.64. The summed E-state index contributed by atoms with van der Waals surface area (Å²) in [6.45, 7) is 6.33. The summed E-state index contributed by atoms with van der Waals surface area (Å²) in [5.74, 6) is 0.0618. The number of halogens is 1. The summed E-state index contributed by atoms with van der Waals surface area (Å²) in [7, 11) is 5.52. The van der Waals surface area contributed by atoms with Gasteiger partial charge < -0.3 is 9.80 Å². The van der Waals surface area contributed by atoms with Gasteiger partial charge in [-0.2, -0.15) is 0 Å². The predicted molar refractivity (Wildman–Crippen MR) is 79.5 cm³/mol. The Morgan fingerprint density at radius 2 is 1.78 bits per heavy atom. The van der Waals surface area contributed by atoms with Gasteiger partial charge in [-0.05, 0) is 44.8 Å². The number of aryl methyl sites for hydroxylation is 1. The van der Waals surface area contributed by atoms with Crippen molar-refractivity contribution in [1.82, 2.24) is 4.90 Å². The lowest BCUT2D eigenvalue weighted by Crippen LogP contribution is -2.35. The number of rotatable bonds is 3.